The molecule has 1 aromatic heterocycles. The smallest absolute Gasteiger partial charge is 0.281 e. The van der Waals surface area contributed by atoms with E-state index in [-0.39, 0.29) is 4.88 Å². The fourth-order valence-corrected chi connectivity index (χ4v) is 2.06. The van der Waals surface area contributed by atoms with Crippen molar-refractivity contribution in [1.29, 1.82) is 0 Å². The Morgan fingerprint density at radius 2 is 1.94 bits per heavy atom. The van der Waals surface area contributed by atoms with E-state index in [1.165, 1.54) is 5.51 Å². The molecule has 2 aromatic rings. The number of alkyl halides is 2. The van der Waals surface area contributed by atoms with Crippen molar-refractivity contribution in [3.05, 3.63) is 52.0 Å². The number of benzene rings is 1. The Balaban J connectivity index is 2.39. The van der Waals surface area contributed by atoms with Crippen LogP contribution in [-0.4, -0.2) is 10.8 Å². The van der Waals surface area contributed by atoms with Gasteiger partial charge in [0.15, 0.2) is 0 Å². The normalized spacial score (nSPS) is 10.7. The first-order valence-corrected chi connectivity index (χ1v) is 5.39. The summed E-state index contributed by atoms with van der Waals surface area (Å²) in [5, 5.41) is 0. The molecule has 82 valence electrons. The number of ketones is 1. The lowest BCUT2D eigenvalue weighted by Crippen LogP contribution is -2.02. The highest BCUT2D eigenvalue weighted by Gasteiger charge is 2.22. The Kier molecular flexibility index (Phi) is 3.05. The molecule has 0 N–H and O–H groups in total. The summed E-state index contributed by atoms with van der Waals surface area (Å²) < 4.78 is 25.1. The van der Waals surface area contributed by atoms with Crippen molar-refractivity contribution in [3.63, 3.8) is 0 Å². The number of carbonyl (C=O) groups excluding carboxylic acids is 1. The van der Waals surface area contributed by atoms with Crippen LogP contribution in [0.2, 0.25) is 0 Å². The second-order valence-corrected chi connectivity index (χ2v) is 3.92. The van der Waals surface area contributed by atoms with Gasteiger partial charge in [0.25, 0.3) is 6.43 Å². The predicted octanol–water partition coefficient (Wildman–Crippen LogP) is 3.31. The molecule has 0 fully saturated rings. The van der Waals surface area contributed by atoms with Crippen molar-refractivity contribution in [2.24, 2.45) is 0 Å². The number of halogens is 2. The predicted molar refractivity (Wildman–Crippen MR) is 56.9 cm³/mol. The van der Waals surface area contributed by atoms with Gasteiger partial charge < -0.3 is 0 Å². The number of hydrogen-bond acceptors (Lipinski definition) is 3. The third-order valence-electron chi connectivity index (χ3n) is 2.04. The fourth-order valence-electron chi connectivity index (χ4n) is 1.30. The summed E-state index contributed by atoms with van der Waals surface area (Å²) in [6.45, 7) is 0. The Hall–Kier alpha value is -1.62. The molecule has 0 aliphatic carbocycles. The SMILES string of the molecule is O=C(c1ccccc1)c1scnc1C(F)F. The molecule has 1 aromatic carbocycles. The molecule has 0 spiro atoms. The maximum absolute atomic E-state index is 12.5. The van der Waals surface area contributed by atoms with E-state index in [4.69, 9.17) is 0 Å². The van der Waals surface area contributed by atoms with E-state index in [1.54, 1.807) is 30.3 Å². The van der Waals surface area contributed by atoms with Crippen molar-refractivity contribution >= 4 is 17.1 Å². The molecule has 0 saturated carbocycles. The average Bonchev–Trinajstić information content (AvgIpc) is 2.78. The van der Waals surface area contributed by atoms with Crippen LogP contribution in [0, 0.1) is 0 Å². The van der Waals surface area contributed by atoms with Gasteiger partial charge in [-0.2, -0.15) is 0 Å². The number of thiazole rings is 1. The van der Waals surface area contributed by atoms with Crippen LogP contribution in [0.4, 0.5) is 8.78 Å². The molecular weight excluding hydrogens is 232 g/mol. The molecule has 0 saturated heterocycles. The lowest BCUT2D eigenvalue weighted by atomic mass is 10.1. The second-order valence-electron chi connectivity index (χ2n) is 3.06. The zero-order valence-corrected chi connectivity index (χ0v) is 8.88. The van der Waals surface area contributed by atoms with Crippen molar-refractivity contribution in [2.75, 3.05) is 0 Å². The maximum Gasteiger partial charge on any atom is 0.281 e. The van der Waals surface area contributed by atoms with Crippen LogP contribution in [0.3, 0.4) is 0 Å². The highest BCUT2D eigenvalue weighted by molar-refractivity contribution is 7.12. The van der Waals surface area contributed by atoms with Crippen LogP contribution in [0.5, 0.6) is 0 Å². The number of hydrogen-bond donors (Lipinski definition) is 0. The highest BCUT2D eigenvalue weighted by Crippen LogP contribution is 2.26. The topological polar surface area (TPSA) is 30.0 Å². The summed E-state index contributed by atoms with van der Waals surface area (Å²) in [6, 6.07) is 8.33. The zero-order chi connectivity index (χ0) is 11.5. The Bertz CT molecular complexity index is 496. The van der Waals surface area contributed by atoms with Gasteiger partial charge in [-0.25, -0.2) is 13.8 Å². The standard InChI is InChI=1S/C11H7F2NOS/c12-11(13)8-10(16-6-14-8)9(15)7-4-2-1-3-5-7/h1-6,11H. The quantitative estimate of drug-likeness (QED) is 0.769. The van der Waals surface area contributed by atoms with E-state index in [9.17, 15) is 13.6 Å². The van der Waals surface area contributed by atoms with E-state index in [0.29, 0.717) is 5.56 Å². The molecule has 0 amide bonds. The lowest BCUT2D eigenvalue weighted by Gasteiger charge is -2.00. The molecule has 16 heavy (non-hydrogen) atoms. The van der Waals surface area contributed by atoms with Gasteiger partial charge in [-0.15, -0.1) is 11.3 Å². The zero-order valence-electron chi connectivity index (χ0n) is 8.06. The number of nitrogens with zero attached hydrogens (tertiary/aromatic N) is 1. The van der Waals surface area contributed by atoms with Crippen LogP contribution in [0.15, 0.2) is 35.8 Å². The second kappa shape index (κ2) is 4.49. The third kappa shape index (κ3) is 1.99. The van der Waals surface area contributed by atoms with Gasteiger partial charge in [0.2, 0.25) is 5.78 Å². The average molecular weight is 239 g/mol. The minimum atomic E-state index is -2.71. The molecule has 0 bridgehead atoms. The van der Waals surface area contributed by atoms with E-state index in [0.717, 1.165) is 11.3 Å². The summed E-state index contributed by atoms with van der Waals surface area (Å²) >= 11 is 0.940. The van der Waals surface area contributed by atoms with Crippen molar-refractivity contribution in [3.8, 4) is 0 Å². The van der Waals surface area contributed by atoms with Crippen LogP contribution >= 0.6 is 11.3 Å². The summed E-state index contributed by atoms with van der Waals surface area (Å²) in [5.74, 6) is -0.404. The molecule has 0 aliphatic rings. The van der Waals surface area contributed by atoms with Crippen LogP contribution < -0.4 is 0 Å². The van der Waals surface area contributed by atoms with Gasteiger partial charge in [-0.05, 0) is 0 Å². The largest absolute Gasteiger partial charge is 0.288 e. The fraction of sp³-hybridized carbons (Fsp3) is 0.0909. The van der Waals surface area contributed by atoms with E-state index < -0.39 is 17.9 Å². The number of aromatic nitrogens is 1. The summed E-state index contributed by atoms with van der Waals surface area (Å²) in [6.07, 6.45) is -2.71. The molecular formula is C11H7F2NOS. The molecule has 0 aliphatic heterocycles. The Morgan fingerprint density at radius 1 is 1.25 bits per heavy atom. The first-order valence-electron chi connectivity index (χ1n) is 4.51. The van der Waals surface area contributed by atoms with Crippen LogP contribution in [0.25, 0.3) is 0 Å². The van der Waals surface area contributed by atoms with Crippen molar-refractivity contribution in [2.45, 2.75) is 6.43 Å². The molecule has 2 nitrogen and oxygen atoms in total. The third-order valence-corrected chi connectivity index (χ3v) is 2.88. The first-order chi connectivity index (χ1) is 7.70. The van der Waals surface area contributed by atoms with E-state index >= 15 is 0 Å². The molecule has 0 atom stereocenters. The van der Waals surface area contributed by atoms with Gasteiger partial charge in [-0.1, -0.05) is 30.3 Å². The van der Waals surface area contributed by atoms with Crippen LogP contribution in [-0.2, 0) is 0 Å². The minimum Gasteiger partial charge on any atom is -0.288 e. The maximum atomic E-state index is 12.5. The Labute approximate surface area is 94.6 Å². The minimum absolute atomic E-state index is 0.0150. The highest BCUT2D eigenvalue weighted by atomic mass is 32.1. The Morgan fingerprint density at radius 3 is 2.56 bits per heavy atom. The first kappa shape index (κ1) is 10.9. The molecule has 1 heterocycles. The summed E-state index contributed by atoms with van der Waals surface area (Å²) in [4.78, 5) is 15.4. The van der Waals surface area contributed by atoms with Crippen LogP contribution in [0.1, 0.15) is 27.4 Å². The monoisotopic (exact) mass is 239 g/mol. The van der Waals surface area contributed by atoms with Gasteiger partial charge >= 0.3 is 0 Å². The van der Waals surface area contributed by atoms with Crippen molar-refractivity contribution in [1.82, 2.24) is 4.98 Å². The molecule has 5 heteroatoms. The lowest BCUT2D eigenvalue weighted by molar-refractivity contribution is 0.102. The molecule has 2 rings (SSSR count). The van der Waals surface area contributed by atoms with Gasteiger partial charge in [0, 0.05) is 5.56 Å². The van der Waals surface area contributed by atoms with Gasteiger partial charge in [0.05, 0.1) is 5.51 Å². The van der Waals surface area contributed by atoms with E-state index in [2.05, 4.69) is 4.98 Å². The van der Waals surface area contributed by atoms with Crippen molar-refractivity contribution < 1.29 is 13.6 Å². The molecule has 0 radical (unpaired) electrons. The van der Waals surface area contributed by atoms with Gasteiger partial charge in [-0.3, -0.25) is 4.79 Å². The molecule has 0 unspecified atom stereocenters. The number of rotatable bonds is 3. The number of carbonyl (C=O) groups is 1. The summed E-state index contributed by atoms with van der Waals surface area (Å²) in [7, 11) is 0. The summed E-state index contributed by atoms with van der Waals surface area (Å²) in [5.41, 5.74) is 1.23. The van der Waals surface area contributed by atoms with E-state index in [1.807, 2.05) is 0 Å². The van der Waals surface area contributed by atoms with Gasteiger partial charge in [0.1, 0.15) is 10.6 Å².